The first-order chi connectivity index (χ1) is 9.79. The Labute approximate surface area is 117 Å². The Morgan fingerprint density at radius 2 is 2.05 bits per heavy atom. The lowest BCUT2D eigenvalue weighted by atomic mass is 10.1. The van der Waals surface area contributed by atoms with Crippen LogP contribution in [0.1, 0.15) is 30.1 Å². The fourth-order valence-electron chi connectivity index (χ4n) is 1.67. The number of benzene rings is 1. The molecule has 7 nitrogen and oxygen atoms in total. The van der Waals surface area contributed by atoms with E-state index in [2.05, 4.69) is 0 Å². The zero-order chi connectivity index (χ0) is 16.2. The largest absolute Gasteiger partial charge is 0.480 e. The summed E-state index contributed by atoms with van der Waals surface area (Å²) in [5, 5.41) is 21.4. The van der Waals surface area contributed by atoms with Crippen molar-refractivity contribution in [1.29, 1.82) is 0 Å². The zero-order valence-corrected chi connectivity index (χ0v) is 10.9. The molecule has 1 amide bonds. The molecule has 0 aromatic heterocycles. The number of amides is 1. The van der Waals surface area contributed by atoms with Crippen LogP contribution in [0.5, 0.6) is 0 Å². The van der Waals surface area contributed by atoms with Crippen LogP contribution < -0.4 is 5.32 Å². The van der Waals surface area contributed by atoms with Gasteiger partial charge in [-0.3, -0.25) is 14.9 Å². The van der Waals surface area contributed by atoms with Gasteiger partial charge in [-0.2, -0.15) is 4.39 Å². The molecule has 0 saturated heterocycles. The van der Waals surface area contributed by atoms with Crippen molar-refractivity contribution in [2.24, 2.45) is 0 Å². The van der Waals surface area contributed by atoms with Gasteiger partial charge < -0.3 is 10.4 Å². The van der Waals surface area contributed by atoms with Crippen LogP contribution >= 0.6 is 0 Å². The van der Waals surface area contributed by atoms with Crippen LogP contribution in [0.25, 0.3) is 0 Å². The number of carbonyl (C=O) groups is 2. The number of nitrogens with zero attached hydrogens (tertiary/aromatic N) is 1. The smallest absolute Gasteiger partial charge is 0.326 e. The summed E-state index contributed by atoms with van der Waals surface area (Å²) in [5.41, 5.74) is -2.24. The quantitative estimate of drug-likeness (QED) is 0.615. The van der Waals surface area contributed by atoms with Crippen LogP contribution in [0.2, 0.25) is 0 Å². The van der Waals surface area contributed by atoms with Crippen LogP contribution in [0.4, 0.5) is 14.5 Å². The molecular formula is C12H12F2N2O5. The van der Waals surface area contributed by atoms with Crippen molar-refractivity contribution in [2.75, 3.05) is 0 Å². The number of halogens is 2. The molecule has 0 heterocycles. The Morgan fingerprint density at radius 3 is 2.52 bits per heavy atom. The normalized spacial score (nSPS) is 11.8. The van der Waals surface area contributed by atoms with Gasteiger partial charge in [0.05, 0.1) is 4.92 Å². The van der Waals surface area contributed by atoms with E-state index in [-0.39, 0.29) is 6.42 Å². The molecule has 0 fully saturated rings. The van der Waals surface area contributed by atoms with E-state index in [0.29, 0.717) is 18.6 Å². The van der Waals surface area contributed by atoms with Crippen LogP contribution in [0, 0.1) is 21.7 Å². The zero-order valence-electron chi connectivity index (χ0n) is 10.9. The Balaban J connectivity index is 3.15. The molecular weight excluding hydrogens is 290 g/mol. The van der Waals surface area contributed by atoms with Crippen molar-refractivity contribution < 1.29 is 28.4 Å². The van der Waals surface area contributed by atoms with Crippen LogP contribution in [-0.4, -0.2) is 27.9 Å². The van der Waals surface area contributed by atoms with E-state index in [1.165, 1.54) is 0 Å². The SMILES string of the molecule is CCC[C@H](NC(=O)c1c(F)ccc([N+](=O)[O-])c1F)C(=O)O. The van der Waals surface area contributed by atoms with Crippen LogP contribution in [0.3, 0.4) is 0 Å². The maximum Gasteiger partial charge on any atom is 0.326 e. The minimum absolute atomic E-state index is 0.0548. The summed E-state index contributed by atoms with van der Waals surface area (Å²) in [4.78, 5) is 32.1. The molecule has 1 atom stereocenters. The molecule has 0 bridgehead atoms. The van der Waals surface area contributed by atoms with E-state index in [1.54, 1.807) is 6.92 Å². The van der Waals surface area contributed by atoms with Crippen LogP contribution in [0.15, 0.2) is 12.1 Å². The average molecular weight is 302 g/mol. The van der Waals surface area contributed by atoms with Gasteiger partial charge in [0.2, 0.25) is 5.82 Å². The van der Waals surface area contributed by atoms with E-state index < -0.39 is 45.7 Å². The minimum Gasteiger partial charge on any atom is -0.480 e. The maximum absolute atomic E-state index is 13.8. The fraction of sp³-hybridized carbons (Fsp3) is 0.333. The van der Waals surface area contributed by atoms with Crippen molar-refractivity contribution >= 4 is 17.6 Å². The molecule has 0 unspecified atom stereocenters. The third-order valence-corrected chi connectivity index (χ3v) is 2.68. The Morgan fingerprint density at radius 1 is 1.43 bits per heavy atom. The predicted molar refractivity (Wildman–Crippen MR) is 66.8 cm³/mol. The standard InChI is InChI=1S/C12H12F2N2O5/c1-2-3-7(12(18)19)15-11(17)9-6(13)4-5-8(10(9)14)16(20)21/h4-5,7H,2-3H2,1H3,(H,15,17)(H,18,19)/t7-/m0/s1. The Bertz CT molecular complexity index is 591. The summed E-state index contributed by atoms with van der Waals surface area (Å²) < 4.78 is 27.3. The lowest BCUT2D eigenvalue weighted by Gasteiger charge is -2.14. The topological polar surface area (TPSA) is 110 Å². The molecule has 9 heteroatoms. The van der Waals surface area contributed by atoms with E-state index in [4.69, 9.17) is 5.11 Å². The number of carbonyl (C=O) groups excluding carboxylic acids is 1. The molecule has 21 heavy (non-hydrogen) atoms. The highest BCUT2D eigenvalue weighted by atomic mass is 19.1. The first-order valence-electron chi connectivity index (χ1n) is 5.95. The molecule has 0 spiro atoms. The van der Waals surface area contributed by atoms with E-state index in [1.807, 2.05) is 5.32 Å². The Kier molecular flexibility index (Phi) is 5.28. The third kappa shape index (κ3) is 3.71. The van der Waals surface area contributed by atoms with E-state index in [9.17, 15) is 28.5 Å². The lowest BCUT2D eigenvalue weighted by molar-refractivity contribution is -0.387. The van der Waals surface area contributed by atoms with Gasteiger partial charge in [-0.25, -0.2) is 9.18 Å². The fourth-order valence-corrected chi connectivity index (χ4v) is 1.67. The molecule has 0 radical (unpaired) electrons. The average Bonchev–Trinajstić information content (AvgIpc) is 2.37. The van der Waals surface area contributed by atoms with E-state index >= 15 is 0 Å². The minimum atomic E-state index is -1.64. The molecule has 1 aromatic carbocycles. The number of nitro groups is 1. The molecule has 0 aliphatic rings. The molecule has 1 rings (SSSR count). The van der Waals surface area contributed by atoms with Crippen molar-refractivity contribution in [2.45, 2.75) is 25.8 Å². The van der Waals surface area contributed by atoms with Gasteiger partial charge in [0.15, 0.2) is 0 Å². The van der Waals surface area contributed by atoms with Crippen molar-refractivity contribution in [3.05, 3.63) is 39.4 Å². The summed E-state index contributed by atoms with van der Waals surface area (Å²) in [6, 6.07) is -0.172. The number of rotatable bonds is 6. The van der Waals surface area contributed by atoms with E-state index in [0.717, 1.165) is 0 Å². The highest BCUT2D eigenvalue weighted by Crippen LogP contribution is 2.23. The summed E-state index contributed by atoms with van der Waals surface area (Å²) in [7, 11) is 0. The molecule has 1 aromatic rings. The summed E-state index contributed by atoms with van der Waals surface area (Å²) in [6.45, 7) is 1.66. The van der Waals surface area contributed by atoms with Gasteiger partial charge in [0.25, 0.3) is 5.91 Å². The van der Waals surface area contributed by atoms with Gasteiger partial charge in [-0.05, 0) is 12.5 Å². The first-order valence-corrected chi connectivity index (χ1v) is 5.95. The summed E-state index contributed by atoms with van der Waals surface area (Å²) in [6.07, 6.45) is 0.469. The second-order valence-electron chi connectivity index (χ2n) is 4.17. The second kappa shape index (κ2) is 6.73. The van der Waals surface area contributed by atoms with Crippen LogP contribution in [-0.2, 0) is 4.79 Å². The highest BCUT2D eigenvalue weighted by Gasteiger charge is 2.28. The van der Waals surface area contributed by atoms with Gasteiger partial charge in [0.1, 0.15) is 17.4 Å². The van der Waals surface area contributed by atoms with Crippen molar-refractivity contribution in [1.82, 2.24) is 5.32 Å². The van der Waals surface area contributed by atoms with Gasteiger partial charge in [-0.1, -0.05) is 13.3 Å². The molecule has 114 valence electrons. The van der Waals surface area contributed by atoms with Crippen molar-refractivity contribution in [3.8, 4) is 0 Å². The number of nitro benzene ring substituents is 1. The number of hydrogen-bond acceptors (Lipinski definition) is 4. The molecule has 2 N–H and O–H groups in total. The van der Waals surface area contributed by atoms with Gasteiger partial charge in [-0.15, -0.1) is 0 Å². The highest BCUT2D eigenvalue weighted by molar-refractivity contribution is 5.97. The molecule has 0 saturated carbocycles. The predicted octanol–water partition coefficient (Wildman–Crippen LogP) is 1.86. The Hall–Kier alpha value is -2.58. The molecule has 0 aliphatic carbocycles. The molecule has 0 aliphatic heterocycles. The summed E-state index contributed by atoms with van der Waals surface area (Å²) in [5.74, 6) is -5.67. The van der Waals surface area contributed by atoms with Gasteiger partial charge >= 0.3 is 11.7 Å². The second-order valence-corrected chi connectivity index (χ2v) is 4.17. The summed E-state index contributed by atoms with van der Waals surface area (Å²) >= 11 is 0. The number of carboxylic acids is 1. The third-order valence-electron chi connectivity index (χ3n) is 2.68. The number of hydrogen-bond donors (Lipinski definition) is 2. The first kappa shape index (κ1) is 16.5. The van der Waals surface area contributed by atoms with Crippen molar-refractivity contribution in [3.63, 3.8) is 0 Å². The maximum atomic E-state index is 13.8. The number of nitrogens with one attached hydrogen (secondary N) is 1. The number of aliphatic carboxylic acids is 1. The lowest BCUT2D eigenvalue weighted by Crippen LogP contribution is -2.41. The monoisotopic (exact) mass is 302 g/mol. The number of carboxylic acid groups (broad SMARTS) is 1. The van der Waals surface area contributed by atoms with Gasteiger partial charge in [0, 0.05) is 6.07 Å².